The molecule has 2 rings (SSSR count). The normalized spacial score (nSPS) is 11.1. The molecule has 0 amide bonds. The van der Waals surface area contributed by atoms with Crippen LogP contribution in [0, 0.1) is 0 Å². The molecule has 1 aromatic carbocycles. The predicted octanol–water partition coefficient (Wildman–Crippen LogP) is 1.35. The fraction of sp³-hybridized carbons (Fsp3) is 0.0909. The number of aryl methyl sites for hydroxylation is 1. The molecule has 16 heavy (non-hydrogen) atoms. The Bertz CT molecular complexity index is 556. The van der Waals surface area contributed by atoms with E-state index in [0.717, 1.165) is 10.9 Å². The average molecular weight is 232 g/mol. The zero-order valence-corrected chi connectivity index (χ0v) is 9.66. The second-order valence-electron chi connectivity index (χ2n) is 3.45. The molecule has 5 heteroatoms. The Hall–Kier alpha value is -1.88. The Kier molecular flexibility index (Phi) is 2.87. The molecule has 1 aromatic heterocycles. The third-order valence-corrected chi connectivity index (χ3v) is 2.40. The molecule has 1 heterocycles. The van der Waals surface area contributed by atoms with Crippen molar-refractivity contribution in [3.8, 4) is 0 Å². The van der Waals surface area contributed by atoms with Gasteiger partial charge in [-0.25, -0.2) is 0 Å². The lowest BCUT2D eigenvalue weighted by Crippen LogP contribution is -2.23. The van der Waals surface area contributed by atoms with Crippen molar-refractivity contribution in [3.63, 3.8) is 0 Å². The largest absolute Gasteiger partial charge is 0.375 e. The molecule has 0 unspecified atom stereocenters. The third-order valence-electron chi connectivity index (χ3n) is 2.31. The van der Waals surface area contributed by atoms with Gasteiger partial charge in [-0.05, 0) is 18.3 Å². The maximum Gasteiger partial charge on any atom is 0.184 e. The number of hydrogen-bond donors (Lipinski definition) is 2. The number of hydrazone groups is 1. The number of nitrogens with one attached hydrogen (secondary N) is 1. The van der Waals surface area contributed by atoms with Gasteiger partial charge in [0.2, 0.25) is 0 Å². The van der Waals surface area contributed by atoms with Crippen molar-refractivity contribution >= 4 is 34.4 Å². The number of aromatic nitrogens is 1. The first-order chi connectivity index (χ1) is 7.68. The molecule has 0 bridgehead atoms. The van der Waals surface area contributed by atoms with Gasteiger partial charge in [-0.1, -0.05) is 18.2 Å². The van der Waals surface area contributed by atoms with Crippen molar-refractivity contribution in [1.29, 1.82) is 0 Å². The van der Waals surface area contributed by atoms with E-state index in [4.69, 9.17) is 5.73 Å². The Labute approximate surface area is 98.7 Å². The molecule has 0 fully saturated rings. The van der Waals surface area contributed by atoms with Gasteiger partial charge in [-0.3, -0.25) is 5.43 Å². The summed E-state index contributed by atoms with van der Waals surface area (Å²) in [6.07, 6.45) is 3.72. The molecule has 3 N–H and O–H groups in total. The summed E-state index contributed by atoms with van der Waals surface area (Å²) in [5, 5.41) is 5.26. The Morgan fingerprint density at radius 1 is 1.50 bits per heavy atom. The summed E-state index contributed by atoms with van der Waals surface area (Å²) in [5.74, 6) is 0. The van der Waals surface area contributed by atoms with Crippen molar-refractivity contribution in [1.82, 2.24) is 9.99 Å². The van der Waals surface area contributed by atoms with Crippen molar-refractivity contribution < 1.29 is 0 Å². The van der Waals surface area contributed by atoms with E-state index >= 15 is 0 Å². The van der Waals surface area contributed by atoms with Crippen LogP contribution in [0.25, 0.3) is 10.9 Å². The Morgan fingerprint density at radius 2 is 2.25 bits per heavy atom. The van der Waals surface area contributed by atoms with Crippen LogP contribution in [0.2, 0.25) is 0 Å². The van der Waals surface area contributed by atoms with Crippen molar-refractivity contribution in [2.75, 3.05) is 0 Å². The zero-order chi connectivity index (χ0) is 11.5. The number of rotatable bonds is 2. The van der Waals surface area contributed by atoms with E-state index in [9.17, 15) is 0 Å². The molecular weight excluding hydrogens is 220 g/mol. The summed E-state index contributed by atoms with van der Waals surface area (Å²) in [6, 6.07) is 8.13. The van der Waals surface area contributed by atoms with Crippen molar-refractivity contribution in [2.45, 2.75) is 0 Å². The summed E-state index contributed by atoms with van der Waals surface area (Å²) in [6.45, 7) is 0. The van der Waals surface area contributed by atoms with Gasteiger partial charge in [0.15, 0.2) is 5.11 Å². The van der Waals surface area contributed by atoms with Crippen molar-refractivity contribution in [2.24, 2.45) is 17.9 Å². The molecule has 82 valence electrons. The van der Waals surface area contributed by atoms with Crippen LogP contribution in [0.5, 0.6) is 0 Å². The Morgan fingerprint density at radius 3 is 3.00 bits per heavy atom. The molecule has 0 aliphatic rings. The highest BCUT2D eigenvalue weighted by Gasteiger charge is 2.02. The van der Waals surface area contributed by atoms with E-state index in [-0.39, 0.29) is 5.11 Å². The maximum atomic E-state index is 5.28. The lowest BCUT2D eigenvalue weighted by atomic mass is 10.2. The van der Waals surface area contributed by atoms with E-state index in [2.05, 4.69) is 39.4 Å². The first kappa shape index (κ1) is 10.6. The first-order valence-corrected chi connectivity index (χ1v) is 5.22. The molecule has 0 atom stereocenters. The van der Waals surface area contributed by atoms with Crippen LogP contribution < -0.4 is 11.2 Å². The SMILES string of the molecule is Cn1cc(/C=N\NC(N)=S)c2ccccc21. The Balaban J connectivity index is 2.38. The fourth-order valence-electron chi connectivity index (χ4n) is 1.64. The molecule has 0 spiro atoms. The highest BCUT2D eigenvalue weighted by Crippen LogP contribution is 2.18. The summed E-state index contributed by atoms with van der Waals surface area (Å²) in [4.78, 5) is 0. The number of thiocarbonyl (C=S) groups is 1. The summed E-state index contributed by atoms with van der Waals surface area (Å²) in [7, 11) is 2.00. The standard InChI is InChI=1S/C11H12N4S/c1-15-7-8(6-13-14-11(12)16)9-4-2-3-5-10(9)15/h2-7H,1H3,(H3,12,14,16)/b13-6-. The fourth-order valence-corrected chi connectivity index (χ4v) is 1.69. The van der Waals surface area contributed by atoms with Crippen LogP contribution in [-0.2, 0) is 7.05 Å². The predicted molar refractivity (Wildman–Crippen MR) is 70.4 cm³/mol. The van der Waals surface area contributed by atoms with Crippen LogP contribution in [-0.4, -0.2) is 15.9 Å². The molecule has 4 nitrogen and oxygen atoms in total. The van der Waals surface area contributed by atoms with Gasteiger partial charge in [-0.2, -0.15) is 5.10 Å². The lowest BCUT2D eigenvalue weighted by molar-refractivity contribution is 0.967. The van der Waals surface area contributed by atoms with Crippen LogP contribution in [0.3, 0.4) is 0 Å². The van der Waals surface area contributed by atoms with Gasteiger partial charge >= 0.3 is 0 Å². The zero-order valence-electron chi connectivity index (χ0n) is 8.84. The lowest BCUT2D eigenvalue weighted by Gasteiger charge is -1.93. The third kappa shape index (κ3) is 2.04. The number of benzene rings is 1. The molecular formula is C11H12N4S. The molecule has 0 saturated heterocycles. The van der Waals surface area contributed by atoms with Gasteiger partial charge in [-0.15, -0.1) is 0 Å². The summed E-state index contributed by atoms with van der Waals surface area (Å²) >= 11 is 4.66. The minimum atomic E-state index is 0.163. The minimum Gasteiger partial charge on any atom is -0.375 e. The number of hydrogen-bond acceptors (Lipinski definition) is 2. The van der Waals surface area contributed by atoms with Crippen molar-refractivity contribution in [3.05, 3.63) is 36.0 Å². The first-order valence-electron chi connectivity index (χ1n) is 4.81. The van der Waals surface area contributed by atoms with Gasteiger partial charge < -0.3 is 10.3 Å². The number of fused-ring (bicyclic) bond motifs is 1. The maximum absolute atomic E-state index is 5.28. The van der Waals surface area contributed by atoms with E-state index in [1.54, 1.807) is 6.21 Å². The number of nitrogens with zero attached hydrogens (tertiary/aromatic N) is 2. The molecule has 0 aliphatic carbocycles. The summed E-state index contributed by atoms with van der Waals surface area (Å²) < 4.78 is 2.05. The van der Waals surface area contributed by atoms with Gasteiger partial charge in [0.05, 0.1) is 6.21 Å². The quantitative estimate of drug-likeness (QED) is 0.467. The van der Waals surface area contributed by atoms with E-state index in [1.807, 2.05) is 25.4 Å². The van der Waals surface area contributed by atoms with Crippen LogP contribution in [0.15, 0.2) is 35.6 Å². The monoisotopic (exact) mass is 232 g/mol. The van der Waals surface area contributed by atoms with Gasteiger partial charge in [0, 0.05) is 29.7 Å². The highest BCUT2D eigenvalue weighted by molar-refractivity contribution is 7.80. The van der Waals surface area contributed by atoms with E-state index in [0.29, 0.717) is 0 Å². The molecule has 0 aliphatic heterocycles. The molecule has 2 aromatic rings. The number of para-hydroxylation sites is 1. The van der Waals surface area contributed by atoms with Gasteiger partial charge in [0.25, 0.3) is 0 Å². The second kappa shape index (κ2) is 4.32. The van der Waals surface area contributed by atoms with E-state index in [1.165, 1.54) is 5.52 Å². The smallest absolute Gasteiger partial charge is 0.184 e. The summed E-state index contributed by atoms with van der Waals surface area (Å²) in [5.41, 5.74) is 10.0. The minimum absolute atomic E-state index is 0.163. The average Bonchev–Trinajstić information content (AvgIpc) is 2.57. The topological polar surface area (TPSA) is 55.3 Å². The van der Waals surface area contributed by atoms with Gasteiger partial charge in [0.1, 0.15) is 0 Å². The highest BCUT2D eigenvalue weighted by atomic mass is 32.1. The van der Waals surface area contributed by atoms with Crippen LogP contribution in [0.1, 0.15) is 5.56 Å². The van der Waals surface area contributed by atoms with Crippen LogP contribution in [0.4, 0.5) is 0 Å². The number of nitrogens with two attached hydrogens (primary N) is 1. The molecule has 0 radical (unpaired) electrons. The van der Waals surface area contributed by atoms with E-state index < -0.39 is 0 Å². The molecule has 0 saturated carbocycles. The second-order valence-corrected chi connectivity index (χ2v) is 3.89. The van der Waals surface area contributed by atoms with Crippen LogP contribution >= 0.6 is 12.2 Å².